The highest BCUT2D eigenvalue weighted by molar-refractivity contribution is 5.98. The molecule has 0 radical (unpaired) electrons. The van der Waals surface area contributed by atoms with Crippen LogP contribution < -0.4 is 5.32 Å². The molecule has 3 rings (SSSR count). The van der Waals surface area contributed by atoms with Crippen molar-refractivity contribution in [1.29, 1.82) is 0 Å². The molecule has 0 bridgehead atoms. The Bertz CT molecular complexity index is 882. The van der Waals surface area contributed by atoms with Crippen LogP contribution in [-0.2, 0) is 20.9 Å². The van der Waals surface area contributed by atoms with Gasteiger partial charge >= 0.3 is 5.97 Å². The maximum absolute atomic E-state index is 14.0. The largest absolute Gasteiger partial charge is 0.467 e. The lowest BCUT2D eigenvalue weighted by Crippen LogP contribution is -2.28. The van der Waals surface area contributed by atoms with Crippen LogP contribution in [0.15, 0.2) is 34.9 Å². The van der Waals surface area contributed by atoms with Gasteiger partial charge in [-0.1, -0.05) is 0 Å². The molecule has 2 aromatic rings. The van der Waals surface area contributed by atoms with E-state index in [1.807, 2.05) is 0 Å². The van der Waals surface area contributed by atoms with Crippen molar-refractivity contribution in [3.63, 3.8) is 0 Å². The van der Waals surface area contributed by atoms with E-state index < -0.39 is 35.0 Å². The highest BCUT2D eigenvalue weighted by atomic mass is 19.1. The number of ether oxygens (including phenoxy) is 1. The first kappa shape index (κ1) is 18.6. The van der Waals surface area contributed by atoms with E-state index in [1.54, 1.807) is 12.1 Å². The van der Waals surface area contributed by atoms with Crippen molar-refractivity contribution < 1.29 is 32.3 Å². The SMILES string of the molecule is COC(=O)c1cc(NC(=O)C2CC(=O)N(Cc3ccco3)C2)c(F)cc1F. The molecule has 1 atom stereocenters. The number of amides is 2. The molecule has 27 heavy (non-hydrogen) atoms. The second kappa shape index (κ2) is 7.56. The molecule has 7 nitrogen and oxygen atoms in total. The van der Waals surface area contributed by atoms with E-state index in [1.165, 1.54) is 11.2 Å². The first-order valence-electron chi connectivity index (χ1n) is 8.07. The summed E-state index contributed by atoms with van der Waals surface area (Å²) in [5.41, 5.74) is -0.866. The molecule has 2 heterocycles. The summed E-state index contributed by atoms with van der Waals surface area (Å²) < 4.78 is 37.2. The number of benzene rings is 1. The average molecular weight is 378 g/mol. The van der Waals surface area contributed by atoms with Crippen LogP contribution in [-0.4, -0.2) is 36.3 Å². The molecule has 1 saturated heterocycles. The number of halogens is 2. The fourth-order valence-corrected chi connectivity index (χ4v) is 2.84. The number of furan rings is 1. The van der Waals surface area contributed by atoms with E-state index in [9.17, 15) is 23.2 Å². The van der Waals surface area contributed by atoms with E-state index in [4.69, 9.17) is 4.42 Å². The molecule has 1 aromatic heterocycles. The Morgan fingerprint density at radius 3 is 2.78 bits per heavy atom. The van der Waals surface area contributed by atoms with Crippen LogP contribution in [0.3, 0.4) is 0 Å². The fourth-order valence-electron chi connectivity index (χ4n) is 2.84. The molecule has 1 aliphatic rings. The molecule has 0 spiro atoms. The number of hydrogen-bond acceptors (Lipinski definition) is 5. The Morgan fingerprint density at radius 2 is 2.11 bits per heavy atom. The summed E-state index contributed by atoms with van der Waals surface area (Å²) in [6.45, 7) is 0.366. The van der Waals surface area contributed by atoms with Gasteiger partial charge in [0, 0.05) is 19.0 Å². The smallest absolute Gasteiger partial charge is 0.340 e. The number of esters is 1. The third kappa shape index (κ3) is 3.97. The number of carbonyl (C=O) groups is 3. The van der Waals surface area contributed by atoms with Crippen LogP contribution in [0.5, 0.6) is 0 Å². The zero-order valence-electron chi connectivity index (χ0n) is 14.3. The topological polar surface area (TPSA) is 88.8 Å². The Balaban J connectivity index is 1.70. The van der Waals surface area contributed by atoms with E-state index in [0.29, 0.717) is 11.8 Å². The zero-order chi connectivity index (χ0) is 19.6. The molecular weight excluding hydrogens is 362 g/mol. The van der Waals surface area contributed by atoms with Gasteiger partial charge in [0.15, 0.2) is 0 Å². The summed E-state index contributed by atoms with van der Waals surface area (Å²) in [4.78, 5) is 37.5. The van der Waals surface area contributed by atoms with Crippen LogP contribution in [0, 0.1) is 17.6 Å². The summed E-state index contributed by atoms with van der Waals surface area (Å²) in [5.74, 6) is -4.10. The van der Waals surface area contributed by atoms with Gasteiger partial charge in [0.2, 0.25) is 11.8 Å². The van der Waals surface area contributed by atoms with Crippen molar-refractivity contribution in [1.82, 2.24) is 4.90 Å². The van der Waals surface area contributed by atoms with Gasteiger partial charge < -0.3 is 19.4 Å². The molecule has 1 unspecified atom stereocenters. The van der Waals surface area contributed by atoms with Crippen LogP contribution in [0.25, 0.3) is 0 Å². The molecule has 1 N–H and O–H groups in total. The highest BCUT2D eigenvalue weighted by Gasteiger charge is 2.35. The minimum atomic E-state index is -1.10. The second-order valence-electron chi connectivity index (χ2n) is 6.05. The minimum absolute atomic E-state index is 0.0424. The van der Waals surface area contributed by atoms with Crippen molar-refractivity contribution in [3.8, 4) is 0 Å². The lowest BCUT2D eigenvalue weighted by Gasteiger charge is -2.15. The van der Waals surface area contributed by atoms with Gasteiger partial charge in [0.05, 0.1) is 37.1 Å². The normalized spacial score (nSPS) is 16.5. The standard InChI is InChI=1S/C18H16F2N2O5/c1-26-18(25)12-6-15(14(20)7-13(12)19)21-17(24)10-5-16(23)22(8-10)9-11-3-2-4-27-11/h2-4,6-7,10H,5,8-9H2,1H3,(H,21,24). The molecule has 1 aromatic carbocycles. The molecule has 0 saturated carbocycles. The molecule has 9 heteroatoms. The van der Waals surface area contributed by atoms with Crippen LogP contribution >= 0.6 is 0 Å². The van der Waals surface area contributed by atoms with Gasteiger partial charge in [-0.2, -0.15) is 0 Å². The average Bonchev–Trinajstić information content (AvgIpc) is 3.27. The highest BCUT2D eigenvalue weighted by Crippen LogP contribution is 2.25. The lowest BCUT2D eigenvalue weighted by molar-refractivity contribution is -0.128. The third-order valence-corrected chi connectivity index (χ3v) is 4.23. The predicted molar refractivity (Wildman–Crippen MR) is 88.6 cm³/mol. The predicted octanol–water partition coefficient (Wildman–Crippen LogP) is 2.33. The number of carbonyl (C=O) groups excluding carboxylic acids is 3. The molecular formula is C18H16F2N2O5. The van der Waals surface area contributed by atoms with E-state index >= 15 is 0 Å². The van der Waals surface area contributed by atoms with Gasteiger partial charge in [-0.25, -0.2) is 13.6 Å². The van der Waals surface area contributed by atoms with Crippen LogP contribution in [0.1, 0.15) is 22.5 Å². The summed E-state index contributed by atoms with van der Waals surface area (Å²) in [5, 5.41) is 2.31. The summed E-state index contributed by atoms with van der Waals surface area (Å²) in [6, 6.07) is 4.76. The lowest BCUT2D eigenvalue weighted by atomic mass is 10.1. The Kier molecular flexibility index (Phi) is 5.20. The Morgan fingerprint density at radius 1 is 1.33 bits per heavy atom. The third-order valence-electron chi connectivity index (χ3n) is 4.23. The minimum Gasteiger partial charge on any atom is -0.467 e. The second-order valence-corrected chi connectivity index (χ2v) is 6.05. The number of nitrogens with zero attached hydrogens (tertiary/aromatic N) is 1. The Hall–Kier alpha value is -3.23. The number of hydrogen-bond donors (Lipinski definition) is 1. The van der Waals surface area contributed by atoms with Crippen molar-refractivity contribution in [2.45, 2.75) is 13.0 Å². The summed E-state index contributed by atoms with van der Waals surface area (Å²) in [6.07, 6.45) is 1.44. The van der Waals surface area contributed by atoms with Crippen LogP contribution in [0.2, 0.25) is 0 Å². The molecule has 0 aliphatic carbocycles. The number of nitrogens with one attached hydrogen (secondary N) is 1. The molecule has 142 valence electrons. The fraction of sp³-hybridized carbons (Fsp3) is 0.278. The maximum Gasteiger partial charge on any atom is 0.340 e. The van der Waals surface area contributed by atoms with Gasteiger partial charge in [-0.15, -0.1) is 0 Å². The number of methoxy groups -OCH3 is 1. The monoisotopic (exact) mass is 378 g/mol. The van der Waals surface area contributed by atoms with Gasteiger partial charge in [0.25, 0.3) is 0 Å². The molecule has 1 fully saturated rings. The van der Waals surface area contributed by atoms with E-state index in [-0.39, 0.29) is 31.1 Å². The number of anilines is 1. The quantitative estimate of drug-likeness (QED) is 0.807. The molecule has 1 aliphatic heterocycles. The molecule has 2 amide bonds. The maximum atomic E-state index is 14.0. The van der Waals surface area contributed by atoms with Crippen LogP contribution in [0.4, 0.5) is 14.5 Å². The summed E-state index contributed by atoms with van der Waals surface area (Å²) in [7, 11) is 1.06. The zero-order valence-corrected chi connectivity index (χ0v) is 14.3. The first-order valence-corrected chi connectivity index (χ1v) is 8.07. The van der Waals surface area contributed by atoms with Crippen molar-refractivity contribution >= 4 is 23.5 Å². The Labute approximate surface area is 152 Å². The van der Waals surface area contributed by atoms with Crippen molar-refractivity contribution in [2.75, 3.05) is 19.0 Å². The van der Waals surface area contributed by atoms with Gasteiger partial charge in [0.1, 0.15) is 17.4 Å². The van der Waals surface area contributed by atoms with Gasteiger partial charge in [-0.3, -0.25) is 9.59 Å². The number of rotatable bonds is 5. The number of likely N-dealkylation sites (tertiary alicyclic amines) is 1. The van der Waals surface area contributed by atoms with Gasteiger partial charge in [-0.05, 0) is 18.2 Å². The van der Waals surface area contributed by atoms with E-state index in [0.717, 1.165) is 13.2 Å². The first-order chi connectivity index (χ1) is 12.9. The van der Waals surface area contributed by atoms with Crippen molar-refractivity contribution in [2.24, 2.45) is 5.92 Å². The van der Waals surface area contributed by atoms with Crippen molar-refractivity contribution in [3.05, 3.63) is 53.5 Å². The summed E-state index contributed by atoms with van der Waals surface area (Å²) >= 11 is 0. The van der Waals surface area contributed by atoms with E-state index in [2.05, 4.69) is 10.1 Å².